The molecular formula is C18H24N2O. The highest BCUT2D eigenvalue weighted by Crippen LogP contribution is 2.28. The second kappa shape index (κ2) is 6.35. The Bertz CT molecular complexity index is 629. The third-order valence-corrected chi connectivity index (χ3v) is 4.53. The Balaban J connectivity index is 2.55. The minimum atomic E-state index is -0.465. The van der Waals surface area contributed by atoms with Crippen molar-refractivity contribution >= 4 is 16.7 Å². The molecule has 0 amide bonds. The van der Waals surface area contributed by atoms with Gasteiger partial charge in [0.05, 0.1) is 11.1 Å². The van der Waals surface area contributed by atoms with Crippen molar-refractivity contribution in [1.29, 1.82) is 0 Å². The average Bonchev–Trinajstić information content (AvgIpc) is 2.54. The van der Waals surface area contributed by atoms with Crippen LogP contribution < -0.4 is 0 Å². The van der Waals surface area contributed by atoms with E-state index in [0.717, 1.165) is 36.0 Å². The highest BCUT2D eigenvalue weighted by molar-refractivity contribution is 6.11. The topological polar surface area (TPSA) is 33.2 Å². The maximum Gasteiger partial charge on any atom is 0.183 e. The van der Waals surface area contributed by atoms with Gasteiger partial charge in [0, 0.05) is 17.1 Å². The Hall–Kier alpha value is -1.74. The second-order valence-corrected chi connectivity index (χ2v) is 5.50. The molecule has 0 saturated carbocycles. The summed E-state index contributed by atoms with van der Waals surface area (Å²) in [6, 6.07) is 9.66. The van der Waals surface area contributed by atoms with Crippen LogP contribution in [-0.4, -0.2) is 34.3 Å². The molecule has 2 rings (SSSR count). The van der Waals surface area contributed by atoms with Gasteiger partial charge >= 0.3 is 0 Å². The third kappa shape index (κ3) is 2.70. The van der Waals surface area contributed by atoms with Crippen molar-refractivity contribution in [2.24, 2.45) is 0 Å². The number of hydrogen-bond acceptors (Lipinski definition) is 3. The van der Waals surface area contributed by atoms with E-state index in [9.17, 15) is 4.79 Å². The molecule has 0 aliphatic rings. The van der Waals surface area contributed by atoms with Crippen molar-refractivity contribution in [2.45, 2.75) is 39.7 Å². The van der Waals surface area contributed by atoms with Crippen LogP contribution in [0.3, 0.4) is 0 Å². The number of pyridine rings is 1. The number of aromatic nitrogens is 1. The molecule has 0 aliphatic heterocycles. The molecule has 2 aromatic rings. The van der Waals surface area contributed by atoms with Crippen LogP contribution in [0.5, 0.6) is 0 Å². The van der Waals surface area contributed by atoms with Crippen LogP contribution in [-0.2, 0) is 0 Å². The molecule has 1 aromatic carbocycles. The van der Waals surface area contributed by atoms with Crippen molar-refractivity contribution in [3.8, 4) is 0 Å². The van der Waals surface area contributed by atoms with E-state index in [1.807, 2.05) is 30.3 Å². The largest absolute Gasteiger partial charge is 0.292 e. The average molecular weight is 284 g/mol. The smallest absolute Gasteiger partial charge is 0.183 e. The molecule has 0 aliphatic carbocycles. The van der Waals surface area contributed by atoms with Crippen molar-refractivity contribution in [1.82, 2.24) is 9.88 Å². The molecule has 21 heavy (non-hydrogen) atoms. The molecular weight excluding hydrogens is 260 g/mol. The van der Waals surface area contributed by atoms with Crippen LogP contribution >= 0.6 is 0 Å². The van der Waals surface area contributed by atoms with Gasteiger partial charge in [0.1, 0.15) is 0 Å². The summed E-state index contributed by atoms with van der Waals surface area (Å²) in [6.45, 7) is 10.1. The third-order valence-electron chi connectivity index (χ3n) is 4.53. The van der Waals surface area contributed by atoms with Crippen LogP contribution in [0, 0.1) is 0 Å². The molecule has 0 bridgehead atoms. The van der Waals surface area contributed by atoms with Gasteiger partial charge < -0.3 is 0 Å². The highest BCUT2D eigenvalue weighted by atomic mass is 16.1. The van der Waals surface area contributed by atoms with E-state index in [4.69, 9.17) is 0 Å². The van der Waals surface area contributed by atoms with E-state index in [1.54, 1.807) is 6.20 Å². The minimum Gasteiger partial charge on any atom is -0.292 e. The molecule has 3 nitrogen and oxygen atoms in total. The number of benzene rings is 1. The first-order chi connectivity index (χ1) is 10.1. The van der Waals surface area contributed by atoms with Gasteiger partial charge in [-0.1, -0.05) is 39.0 Å². The summed E-state index contributed by atoms with van der Waals surface area (Å²) in [5, 5.41) is 0.942. The quantitative estimate of drug-likeness (QED) is 0.754. The van der Waals surface area contributed by atoms with Gasteiger partial charge in [0.15, 0.2) is 5.78 Å². The molecule has 1 unspecified atom stereocenters. The number of likely N-dealkylation sites (N-methyl/N-ethyl adjacent to an activating group) is 1. The first-order valence-corrected chi connectivity index (χ1v) is 7.72. The van der Waals surface area contributed by atoms with Crippen molar-refractivity contribution < 1.29 is 4.79 Å². The minimum absolute atomic E-state index is 0.187. The van der Waals surface area contributed by atoms with Gasteiger partial charge in [-0.05, 0) is 38.6 Å². The molecule has 0 fully saturated rings. The number of fused-ring (bicyclic) bond motifs is 1. The van der Waals surface area contributed by atoms with E-state index in [2.05, 4.69) is 37.6 Å². The molecule has 0 N–H and O–H groups in total. The SMILES string of the molecule is CCN(CC)C(C)(CC)C(=O)c1cccc2ncccc12. The standard InChI is InChI=1S/C18H24N2O/c1-5-18(4,20(6-2)7-3)17(21)15-10-8-12-16-14(15)11-9-13-19-16/h8-13H,5-7H2,1-4H3. The van der Waals surface area contributed by atoms with Crippen LogP contribution in [0.15, 0.2) is 36.5 Å². The first-order valence-electron chi connectivity index (χ1n) is 7.72. The number of rotatable bonds is 6. The number of carbonyl (C=O) groups is 1. The summed E-state index contributed by atoms with van der Waals surface area (Å²) in [5.41, 5.74) is 1.19. The maximum absolute atomic E-state index is 13.2. The lowest BCUT2D eigenvalue weighted by Gasteiger charge is -2.38. The Kier molecular flexibility index (Phi) is 4.73. The zero-order valence-electron chi connectivity index (χ0n) is 13.4. The summed E-state index contributed by atoms with van der Waals surface area (Å²) in [5.74, 6) is 0.187. The fourth-order valence-electron chi connectivity index (χ4n) is 3.04. The number of ketones is 1. The van der Waals surface area contributed by atoms with E-state index in [-0.39, 0.29) is 5.78 Å². The second-order valence-electron chi connectivity index (χ2n) is 5.50. The van der Waals surface area contributed by atoms with E-state index >= 15 is 0 Å². The van der Waals surface area contributed by atoms with Crippen molar-refractivity contribution in [3.05, 3.63) is 42.1 Å². The van der Waals surface area contributed by atoms with Crippen LogP contribution in [0.4, 0.5) is 0 Å². The maximum atomic E-state index is 13.2. The zero-order chi connectivity index (χ0) is 15.5. The summed E-state index contributed by atoms with van der Waals surface area (Å²) < 4.78 is 0. The van der Waals surface area contributed by atoms with E-state index < -0.39 is 5.54 Å². The molecule has 112 valence electrons. The van der Waals surface area contributed by atoms with Crippen molar-refractivity contribution in [2.75, 3.05) is 13.1 Å². The number of nitrogens with zero attached hydrogens (tertiary/aromatic N) is 2. The Morgan fingerprint density at radius 1 is 1.14 bits per heavy atom. The lowest BCUT2D eigenvalue weighted by atomic mass is 9.85. The molecule has 1 aromatic heterocycles. The molecule has 0 radical (unpaired) electrons. The fourth-order valence-corrected chi connectivity index (χ4v) is 3.04. The van der Waals surface area contributed by atoms with Crippen molar-refractivity contribution in [3.63, 3.8) is 0 Å². The summed E-state index contributed by atoms with van der Waals surface area (Å²) in [4.78, 5) is 19.8. The van der Waals surface area contributed by atoms with Crippen LogP contribution in [0.2, 0.25) is 0 Å². The van der Waals surface area contributed by atoms with Gasteiger partial charge in [0.2, 0.25) is 0 Å². The lowest BCUT2D eigenvalue weighted by Crippen LogP contribution is -2.51. The van der Waals surface area contributed by atoms with E-state index in [1.165, 1.54) is 0 Å². The Morgan fingerprint density at radius 3 is 2.48 bits per heavy atom. The number of carbonyl (C=O) groups excluding carboxylic acids is 1. The van der Waals surface area contributed by atoms with E-state index in [0.29, 0.717) is 0 Å². The van der Waals surface area contributed by atoms with Crippen LogP contribution in [0.1, 0.15) is 44.5 Å². The lowest BCUT2D eigenvalue weighted by molar-refractivity contribution is 0.0609. The zero-order valence-corrected chi connectivity index (χ0v) is 13.4. The molecule has 0 spiro atoms. The Labute approximate surface area is 127 Å². The van der Waals surface area contributed by atoms with Gasteiger partial charge in [-0.2, -0.15) is 0 Å². The van der Waals surface area contributed by atoms with Gasteiger partial charge in [-0.25, -0.2) is 0 Å². The monoisotopic (exact) mass is 284 g/mol. The van der Waals surface area contributed by atoms with Gasteiger partial charge in [0.25, 0.3) is 0 Å². The normalized spacial score (nSPS) is 14.3. The summed E-state index contributed by atoms with van der Waals surface area (Å²) in [6.07, 6.45) is 2.56. The predicted molar refractivity (Wildman–Crippen MR) is 87.7 cm³/mol. The number of Topliss-reactive ketones (excluding diaryl/α,β-unsaturated/α-hetero) is 1. The van der Waals surface area contributed by atoms with Gasteiger partial charge in [-0.3, -0.25) is 14.7 Å². The predicted octanol–water partition coefficient (Wildman–Crippen LogP) is 3.93. The number of hydrogen-bond donors (Lipinski definition) is 0. The molecule has 0 saturated heterocycles. The van der Waals surface area contributed by atoms with Crippen LogP contribution in [0.25, 0.3) is 10.9 Å². The first kappa shape index (κ1) is 15.6. The highest BCUT2D eigenvalue weighted by Gasteiger charge is 2.37. The molecule has 1 heterocycles. The van der Waals surface area contributed by atoms with Gasteiger partial charge in [-0.15, -0.1) is 0 Å². The fraction of sp³-hybridized carbons (Fsp3) is 0.444. The summed E-state index contributed by atoms with van der Waals surface area (Å²) >= 11 is 0. The Morgan fingerprint density at radius 2 is 1.86 bits per heavy atom. The molecule has 1 atom stereocenters. The summed E-state index contributed by atoms with van der Waals surface area (Å²) in [7, 11) is 0. The molecule has 3 heteroatoms.